The lowest BCUT2D eigenvalue weighted by Crippen LogP contribution is -1.92. The summed E-state index contributed by atoms with van der Waals surface area (Å²) in [6, 6.07) is 15.2. The molecule has 0 bridgehead atoms. The highest BCUT2D eigenvalue weighted by atomic mass is 16.5. The number of benzene rings is 2. The summed E-state index contributed by atoms with van der Waals surface area (Å²) in [4.78, 5) is 0. The van der Waals surface area contributed by atoms with E-state index in [0.29, 0.717) is 23.7 Å². The normalized spacial score (nSPS) is 10.8. The zero-order valence-corrected chi connectivity index (χ0v) is 13.5. The van der Waals surface area contributed by atoms with Gasteiger partial charge in [0.15, 0.2) is 0 Å². The van der Waals surface area contributed by atoms with E-state index in [9.17, 15) is 5.26 Å². The Morgan fingerprint density at radius 2 is 1.74 bits per heavy atom. The molecule has 0 saturated heterocycles. The van der Waals surface area contributed by atoms with Crippen molar-refractivity contribution in [1.82, 2.24) is 0 Å². The van der Waals surface area contributed by atoms with Crippen LogP contribution in [0.25, 0.3) is 11.6 Å². The Kier molecular flexibility index (Phi) is 5.65. The van der Waals surface area contributed by atoms with E-state index in [2.05, 4.69) is 6.07 Å². The smallest absolute Gasteiger partial charge is 0.123 e. The van der Waals surface area contributed by atoms with E-state index >= 15 is 0 Å². The van der Waals surface area contributed by atoms with Gasteiger partial charge in [0.05, 0.1) is 32.5 Å². The van der Waals surface area contributed by atoms with Crippen LogP contribution in [0.15, 0.2) is 42.5 Å². The van der Waals surface area contributed by atoms with Crippen molar-refractivity contribution in [3.05, 3.63) is 53.6 Å². The molecule has 0 fully saturated rings. The minimum Gasteiger partial charge on any atom is -0.497 e. The maximum atomic E-state index is 9.51. The maximum Gasteiger partial charge on any atom is 0.123 e. The Morgan fingerprint density at radius 1 is 1.04 bits per heavy atom. The summed E-state index contributed by atoms with van der Waals surface area (Å²) in [5.41, 5.74) is 2.16. The lowest BCUT2D eigenvalue weighted by Gasteiger charge is -2.08. The predicted molar refractivity (Wildman–Crippen MR) is 90.6 cm³/mol. The average Bonchev–Trinajstić information content (AvgIpc) is 2.59. The van der Waals surface area contributed by atoms with Gasteiger partial charge in [0.1, 0.15) is 17.2 Å². The zero-order chi connectivity index (χ0) is 16.7. The van der Waals surface area contributed by atoms with Crippen LogP contribution in [0.3, 0.4) is 0 Å². The minimum absolute atomic E-state index is 0.524. The second-order valence-electron chi connectivity index (χ2n) is 4.78. The highest BCUT2D eigenvalue weighted by Gasteiger charge is 2.07. The van der Waals surface area contributed by atoms with Gasteiger partial charge < -0.3 is 14.2 Å². The van der Waals surface area contributed by atoms with Crippen LogP contribution in [0.2, 0.25) is 0 Å². The topological polar surface area (TPSA) is 51.5 Å². The molecule has 0 unspecified atom stereocenters. The van der Waals surface area contributed by atoms with Crippen LogP contribution in [0.1, 0.15) is 18.1 Å². The summed E-state index contributed by atoms with van der Waals surface area (Å²) in [7, 11) is 3.17. The molecule has 0 radical (unpaired) electrons. The Hall–Kier alpha value is -2.93. The summed E-state index contributed by atoms with van der Waals surface area (Å²) in [5.74, 6) is 2.06. The molecule has 2 aromatic rings. The lowest BCUT2D eigenvalue weighted by atomic mass is 10.0. The Labute approximate surface area is 136 Å². The summed E-state index contributed by atoms with van der Waals surface area (Å²) in [5, 5.41) is 9.51. The van der Waals surface area contributed by atoms with Gasteiger partial charge in [-0.3, -0.25) is 0 Å². The number of hydrogen-bond acceptors (Lipinski definition) is 4. The molecule has 23 heavy (non-hydrogen) atoms. The van der Waals surface area contributed by atoms with Gasteiger partial charge in [-0.05, 0) is 48.4 Å². The molecule has 0 aromatic heterocycles. The van der Waals surface area contributed by atoms with Crippen molar-refractivity contribution in [2.24, 2.45) is 0 Å². The zero-order valence-electron chi connectivity index (χ0n) is 13.5. The number of allylic oxidation sites excluding steroid dienone is 1. The van der Waals surface area contributed by atoms with Crippen LogP contribution in [-0.2, 0) is 0 Å². The van der Waals surface area contributed by atoms with Crippen molar-refractivity contribution < 1.29 is 14.2 Å². The van der Waals surface area contributed by atoms with E-state index < -0.39 is 0 Å². The fraction of sp³-hybridized carbons (Fsp3) is 0.211. The molecule has 0 spiro atoms. The molecule has 0 aliphatic carbocycles. The molecule has 4 heteroatoms. The molecule has 0 atom stereocenters. The van der Waals surface area contributed by atoms with E-state index in [0.717, 1.165) is 16.9 Å². The number of rotatable bonds is 6. The van der Waals surface area contributed by atoms with Gasteiger partial charge in [-0.2, -0.15) is 5.26 Å². The first-order valence-electron chi connectivity index (χ1n) is 7.28. The van der Waals surface area contributed by atoms with Gasteiger partial charge >= 0.3 is 0 Å². The van der Waals surface area contributed by atoms with Gasteiger partial charge in [0, 0.05) is 6.07 Å². The number of nitrogens with zero attached hydrogens (tertiary/aromatic N) is 1. The van der Waals surface area contributed by atoms with Crippen LogP contribution in [0.4, 0.5) is 0 Å². The third kappa shape index (κ3) is 4.27. The molecule has 0 aliphatic heterocycles. The van der Waals surface area contributed by atoms with Crippen molar-refractivity contribution >= 4 is 11.6 Å². The summed E-state index contributed by atoms with van der Waals surface area (Å²) in [6.45, 7) is 2.54. The third-order valence-electron chi connectivity index (χ3n) is 3.26. The first-order valence-corrected chi connectivity index (χ1v) is 7.28. The Morgan fingerprint density at radius 3 is 2.30 bits per heavy atom. The third-order valence-corrected chi connectivity index (χ3v) is 3.26. The molecule has 4 nitrogen and oxygen atoms in total. The molecule has 2 rings (SSSR count). The Balaban J connectivity index is 2.43. The van der Waals surface area contributed by atoms with Gasteiger partial charge in [-0.1, -0.05) is 12.1 Å². The van der Waals surface area contributed by atoms with Crippen molar-refractivity contribution in [3.8, 4) is 23.3 Å². The first kappa shape index (κ1) is 16.4. The highest BCUT2D eigenvalue weighted by Crippen LogP contribution is 2.28. The first-order chi connectivity index (χ1) is 11.2. The molecule has 0 N–H and O–H groups in total. The SMILES string of the molecule is CCOc1cccc(/C=C(\C#N)c2cc(OC)cc(OC)c2)c1. The standard InChI is InChI=1S/C19H19NO3/c1-4-23-17-7-5-6-14(9-17)8-16(13-20)15-10-18(21-2)12-19(11-15)22-3/h5-12H,4H2,1-3H3/b16-8+. The molecular formula is C19H19NO3. The molecular weight excluding hydrogens is 290 g/mol. The highest BCUT2D eigenvalue weighted by molar-refractivity contribution is 5.90. The van der Waals surface area contributed by atoms with Crippen molar-refractivity contribution in [2.45, 2.75) is 6.92 Å². The molecule has 0 saturated carbocycles. The molecule has 0 aliphatic rings. The number of nitriles is 1. The van der Waals surface area contributed by atoms with Crippen molar-refractivity contribution in [3.63, 3.8) is 0 Å². The van der Waals surface area contributed by atoms with Gasteiger partial charge in [0.2, 0.25) is 0 Å². The number of methoxy groups -OCH3 is 2. The van der Waals surface area contributed by atoms with Crippen molar-refractivity contribution in [1.29, 1.82) is 5.26 Å². The van der Waals surface area contributed by atoms with Crippen LogP contribution in [0, 0.1) is 11.3 Å². The second-order valence-corrected chi connectivity index (χ2v) is 4.78. The minimum atomic E-state index is 0.524. The molecule has 2 aromatic carbocycles. The lowest BCUT2D eigenvalue weighted by molar-refractivity contribution is 0.340. The van der Waals surface area contributed by atoms with E-state index in [4.69, 9.17) is 14.2 Å². The summed E-state index contributed by atoms with van der Waals surface area (Å²) in [6.07, 6.45) is 1.82. The van der Waals surface area contributed by atoms with E-state index in [1.54, 1.807) is 20.3 Å². The van der Waals surface area contributed by atoms with E-state index in [1.807, 2.05) is 49.4 Å². The van der Waals surface area contributed by atoms with Crippen LogP contribution in [0.5, 0.6) is 17.2 Å². The predicted octanol–water partition coefficient (Wildman–Crippen LogP) is 4.17. The summed E-state index contributed by atoms with van der Waals surface area (Å²) < 4.78 is 16.0. The fourth-order valence-corrected chi connectivity index (χ4v) is 2.17. The fourth-order valence-electron chi connectivity index (χ4n) is 2.17. The number of hydrogen-bond donors (Lipinski definition) is 0. The van der Waals surface area contributed by atoms with Gasteiger partial charge in [0.25, 0.3) is 0 Å². The van der Waals surface area contributed by atoms with E-state index in [1.165, 1.54) is 0 Å². The second kappa shape index (κ2) is 7.90. The van der Waals surface area contributed by atoms with E-state index in [-0.39, 0.29) is 0 Å². The van der Waals surface area contributed by atoms with Gasteiger partial charge in [-0.25, -0.2) is 0 Å². The van der Waals surface area contributed by atoms with Crippen LogP contribution < -0.4 is 14.2 Å². The summed E-state index contributed by atoms with van der Waals surface area (Å²) >= 11 is 0. The molecule has 0 amide bonds. The van der Waals surface area contributed by atoms with Crippen LogP contribution in [-0.4, -0.2) is 20.8 Å². The average molecular weight is 309 g/mol. The molecule has 118 valence electrons. The van der Waals surface area contributed by atoms with Gasteiger partial charge in [-0.15, -0.1) is 0 Å². The molecule has 0 heterocycles. The quantitative estimate of drug-likeness (QED) is 0.593. The maximum absolute atomic E-state index is 9.51. The monoisotopic (exact) mass is 309 g/mol. The Bertz CT molecular complexity index is 722. The number of ether oxygens (including phenoxy) is 3. The van der Waals surface area contributed by atoms with Crippen molar-refractivity contribution in [2.75, 3.05) is 20.8 Å². The largest absolute Gasteiger partial charge is 0.497 e. The van der Waals surface area contributed by atoms with Crippen LogP contribution >= 0.6 is 0 Å².